The molecule has 0 aromatic rings. The van der Waals surface area contributed by atoms with Gasteiger partial charge in [0, 0.05) is 40.0 Å². The number of hydrogen-bond donors (Lipinski definition) is 1. The molecule has 1 saturated heterocycles. The Morgan fingerprint density at radius 3 is 2.67 bits per heavy atom. The summed E-state index contributed by atoms with van der Waals surface area (Å²) in [6, 6.07) is -0.106. The van der Waals surface area contributed by atoms with Gasteiger partial charge in [0.05, 0.1) is 12.6 Å². The van der Waals surface area contributed by atoms with Crippen molar-refractivity contribution in [3.63, 3.8) is 0 Å². The zero-order valence-corrected chi connectivity index (χ0v) is 11.6. The highest BCUT2D eigenvalue weighted by Crippen LogP contribution is 2.08. The van der Waals surface area contributed by atoms with Crippen LogP contribution in [-0.4, -0.2) is 63.4 Å². The van der Waals surface area contributed by atoms with Crippen molar-refractivity contribution in [3.8, 4) is 0 Å². The Kier molecular flexibility index (Phi) is 7.96. The van der Waals surface area contributed by atoms with Crippen molar-refractivity contribution >= 4 is 5.91 Å². The van der Waals surface area contributed by atoms with Crippen molar-refractivity contribution in [2.45, 2.75) is 32.2 Å². The summed E-state index contributed by atoms with van der Waals surface area (Å²) in [5, 5.41) is 3.20. The highest BCUT2D eigenvalue weighted by Gasteiger charge is 2.22. The molecule has 1 aliphatic heterocycles. The van der Waals surface area contributed by atoms with Crippen LogP contribution in [0.2, 0.25) is 0 Å². The minimum Gasteiger partial charge on any atom is -0.385 e. The van der Waals surface area contributed by atoms with Crippen LogP contribution in [0, 0.1) is 0 Å². The maximum atomic E-state index is 12.0. The number of rotatable bonds is 9. The quantitative estimate of drug-likeness (QED) is 0.617. The summed E-state index contributed by atoms with van der Waals surface area (Å²) >= 11 is 0. The fraction of sp³-hybridized carbons (Fsp3) is 0.923. The van der Waals surface area contributed by atoms with Crippen molar-refractivity contribution in [2.24, 2.45) is 0 Å². The van der Waals surface area contributed by atoms with Gasteiger partial charge in [-0.2, -0.15) is 0 Å². The second-order valence-electron chi connectivity index (χ2n) is 4.67. The fourth-order valence-electron chi connectivity index (χ4n) is 2.05. The first-order valence-corrected chi connectivity index (χ1v) is 6.84. The van der Waals surface area contributed by atoms with E-state index in [0.717, 1.165) is 39.0 Å². The van der Waals surface area contributed by atoms with Crippen LogP contribution in [0.25, 0.3) is 0 Å². The van der Waals surface area contributed by atoms with Gasteiger partial charge < -0.3 is 19.7 Å². The van der Waals surface area contributed by atoms with Crippen LogP contribution < -0.4 is 5.32 Å². The van der Waals surface area contributed by atoms with E-state index in [0.29, 0.717) is 19.8 Å². The van der Waals surface area contributed by atoms with Gasteiger partial charge in [-0.3, -0.25) is 4.79 Å². The van der Waals surface area contributed by atoms with Crippen molar-refractivity contribution in [2.75, 3.05) is 46.6 Å². The summed E-state index contributed by atoms with van der Waals surface area (Å²) < 4.78 is 10.4. The van der Waals surface area contributed by atoms with Crippen LogP contribution in [0.4, 0.5) is 0 Å². The maximum absolute atomic E-state index is 12.0. The Morgan fingerprint density at radius 2 is 2.00 bits per heavy atom. The molecule has 0 aromatic heterocycles. The zero-order chi connectivity index (χ0) is 13.2. The number of carbonyl (C=O) groups is 1. The van der Waals surface area contributed by atoms with Gasteiger partial charge in [0.25, 0.3) is 0 Å². The molecular formula is C13H26N2O3. The van der Waals surface area contributed by atoms with E-state index in [-0.39, 0.29) is 11.9 Å². The monoisotopic (exact) mass is 258 g/mol. The molecular weight excluding hydrogens is 232 g/mol. The molecule has 5 nitrogen and oxygen atoms in total. The molecule has 0 aliphatic carbocycles. The number of methoxy groups -OCH3 is 1. The smallest absolute Gasteiger partial charge is 0.239 e. The third kappa shape index (κ3) is 5.80. The lowest BCUT2D eigenvalue weighted by atomic mass is 10.3. The Balaban J connectivity index is 1.99. The number of ether oxygens (including phenoxy) is 2. The maximum Gasteiger partial charge on any atom is 0.239 e. The lowest BCUT2D eigenvalue weighted by Gasteiger charge is -2.21. The summed E-state index contributed by atoms with van der Waals surface area (Å²) in [6.45, 7) is 6.55. The van der Waals surface area contributed by atoms with Gasteiger partial charge in [-0.1, -0.05) is 0 Å². The standard InChI is InChI=1S/C13H26N2O3/c1-12(13(16)15-7-3-4-8-15)14-6-11-18-10-5-9-17-2/h12,14H,3-11H2,1-2H3. The minimum absolute atomic E-state index is 0.106. The van der Waals surface area contributed by atoms with Gasteiger partial charge in [0.15, 0.2) is 0 Å². The van der Waals surface area contributed by atoms with Crippen molar-refractivity contribution in [3.05, 3.63) is 0 Å². The molecule has 1 fully saturated rings. The van der Waals surface area contributed by atoms with E-state index >= 15 is 0 Å². The number of likely N-dealkylation sites (tertiary alicyclic amines) is 1. The van der Waals surface area contributed by atoms with Gasteiger partial charge in [0.2, 0.25) is 5.91 Å². The Morgan fingerprint density at radius 1 is 1.28 bits per heavy atom. The molecule has 1 heterocycles. The van der Waals surface area contributed by atoms with Crippen molar-refractivity contribution < 1.29 is 14.3 Å². The van der Waals surface area contributed by atoms with Crippen molar-refractivity contribution in [1.82, 2.24) is 10.2 Å². The first-order chi connectivity index (χ1) is 8.75. The van der Waals surface area contributed by atoms with Gasteiger partial charge in [0.1, 0.15) is 0 Å². The number of nitrogens with zero attached hydrogens (tertiary/aromatic N) is 1. The molecule has 0 saturated carbocycles. The second-order valence-corrected chi connectivity index (χ2v) is 4.67. The SMILES string of the molecule is COCCCOCCNC(C)C(=O)N1CCCC1. The molecule has 1 rings (SSSR count). The predicted molar refractivity (Wildman–Crippen MR) is 70.6 cm³/mol. The first-order valence-electron chi connectivity index (χ1n) is 6.84. The van der Waals surface area contributed by atoms with Crippen LogP contribution in [0.1, 0.15) is 26.2 Å². The van der Waals surface area contributed by atoms with Gasteiger partial charge in [-0.25, -0.2) is 0 Å². The average Bonchev–Trinajstić information content (AvgIpc) is 2.90. The molecule has 1 aliphatic rings. The topological polar surface area (TPSA) is 50.8 Å². The van der Waals surface area contributed by atoms with E-state index in [1.54, 1.807) is 7.11 Å². The lowest BCUT2D eigenvalue weighted by molar-refractivity contribution is -0.132. The largest absolute Gasteiger partial charge is 0.385 e. The van der Waals surface area contributed by atoms with E-state index in [4.69, 9.17) is 9.47 Å². The molecule has 18 heavy (non-hydrogen) atoms. The molecule has 5 heteroatoms. The summed E-state index contributed by atoms with van der Waals surface area (Å²) in [7, 11) is 1.69. The normalized spacial score (nSPS) is 17.1. The van der Waals surface area contributed by atoms with Crippen molar-refractivity contribution in [1.29, 1.82) is 0 Å². The molecule has 106 valence electrons. The van der Waals surface area contributed by atoms with Crippen LogP contribution in [-0.2, 0) is 14.3 Å². The lowest BCUT2D eigenvalue weighted by Crippen LogP contribution is -2.44. The highest BCUT2D eigenvalue weighted by atomic mass is 16.5. The van der Waals surface area contributed by atoms with E-state index in [2.05, 4.69) is 5.32 Å². The zero-order valence-electron chi connectivity index (χ0n) is 11.6. The molecule has 0 spiro atoms. The minimum atomic E-state index is -0.106. The molecule has 1 N–H and O–H groups in total. The summed E-state index contributed by atoms with van der Waals surface area (Å²) in [6.07, 6.45) is 3.20. The third-order valence-electron chi connectivity index (χ3n) is 3.12. The molecule has 0 radical (unpaired) electrons. The van der Waals surface area contributed by atoms with E-state index in [1.807, 2.05) is 11.8 Å². The molecule has 1 amide bonds. The summed E-state index contributed by atoms with van der Waals surface area (Å²) in [5.74, 6) is 0.215. The van der Waals surface area contributed by atoms with Gasteiger partial charge in [-0.15, -0.1) is 0 Å². The van der Waals surface area contributed by atoms with Crippen LogP contribution >= 0.6 is 0 Å². The predicted octanol–water partition coefficient (Wildman–Crippen LogP) is 0.640. The average molecular weight is 258 g/mol. The number of hydrogen-bond acceptors (Lipinski definition) is 4. The summed E-state index contributed by atoms with van der Waals surface area (Å²) in [5.41, 5.74) is 0. The fourth-order valence-corrected chi connectivity index (χ4v) is 2.05. The van der Waals surface area contributed by atoms with E-state index < -0.39 is 0 Å². The molecule has 1 unspecified atom stereocenters. The first kappa shape index (κ1) is 15.4. The van der Waals surface area contributed by atoms with E-state index in [1.165, 1.54) is 0 Å². The van der Waals surface area contributed by atoms with Crippen LogP contribution in [0.3, 0.4) is 0 Å². The van der Waals surface area contributed by atoms with Gasteiger partial charge in [-0.05, 0) is 26.2 Å². The Hall–Kier alpha value is -0.650. The third-order valence-corrected chi connectivity index (χ3v) is 3.12. The highest BCUT2D eigenvalue weighted by molar-refractivity contribution is 5.81. The van der Waals surface area contributed by atoms with Crippen LogP contribution in [0.15, 0.2) is 0 Å². The van der Waals surface area contributed by atoms with E-state index in [9.17, 15) is 4.79 Å². The Labute approximate surface area is 110 Å². The van der Waals surface area contributed by atoms with Crippen LogP contribution in [0.5, 0.6) is 0 Å². The van der Waals surface area contributed by atoms with Gasteiger partial charge >= 0.3 is 0 Å². The number of nitrogens with one attached hydrogen (secondary N) is 1. The molecule has 0 aromatic carbocycles. The Bertz CT molecular complexity index is 230. The number of carbonyl (C=O) groups excluding carboxylic acids is 1. The summed E-state index contributed by atoms with van der Waals surface area (Å²) in [4.78, 5) is 13.9. The second kappa shape index (κ2) is 9.30. The molecule has 1 atom stereocenters. The molecule has 0 bridgehead atoms. The number of amides is 1.